The first-order valence-electron chi connectivity index (χ1n) is 10.3. The van der Waals surface area contributed by atoms with Crippen molar-refractivity contribution in [3.05, 3.63) is 54.2 Å². The number of para-hydroxylation sites is 1. The average molecular weight is 436 g/mol. The third-order valence-corrected chi connectivity index (χ3v) is 5.29. The van der Waals surface area contributed by atoms with E-state index in [1.54, 1.807) is 40.4 Å². The van der Waals surface area contributed by atoms with Crippen molar-refractivity contribution < 1.29 is 18.8 Å². The number of benzene rings is 1. The second-order valence-electron chi connectivity index (χ2n) is 7.48. The Morgan fingerprint density at radius 2 is 1.84 bits per heavy atom. The summed E-state index contributed by atoms with van der Waals surface area (Å²) in [6.45, 7) is 3.85. The first-order chi connectivity index (χ1) is 15.5. The van der Waals surface area contributed by atoms with Gasteiger partial charge >= 0.3 is 6.03 Å². The van der Waals surface area contributed by atoms with Crippen LogP contribution in [-0.2, 0) is 22.6 Å². The maximum absolute atomic E-state index is 12.6. The zero-order valence-corrected chi connectivity index (χ0v) is 17.7. The van der Waals surface area contributed by atoms with Gasteiger partial charge in [-0.05, 0) is 18.2 Å². The molecule has 0 saturated carbocycles. The number of carbonyl (C=O) groups excluding carboxylic acids is 3. The Labute approximate surface area is 184 Å². The van der Waals surface area contributed by atoms with Crippen molar-refractivity contribution in [2.75, 3.05) is 31.5 Å². The summed E-state index contributed by atoms with van der Waals surface area (Å²) in [5, 5.41) is 5.49. The molecule has 1 aliphatic rings. The topological polar surface area (TPSA) is 121 Å². The van der Waals surface area contributed by atoms with Crippen LogP contribution in [0.3, 0.4) is 0 Å². The molecule has 3 heterocycles. The van der Waals surface area contributed by atoms with Crippen molar-refractivity contribution in [3.63, 3.8) is 0 Å². The van der Waals surface area contributed by atoms with Crippen LogP contribution in [0, 0.1) is 0 Å². The molecule has 10 heteroatoms. The molecule has 0 bridgehead atoms. The van der Waals surface area contributed by atoms with Crippen molar-refractivity contribution in [3.8, 4) is 0 Å². The molecule has 32 heavy (non-hydrogen) atoms. The smallest absolute Gasteiger partial charge is 0.319 e. The molecular formula is C22H24N6O4. The largest absolute Gasteiger partial charge is 0.440 e. The van der Waals surface area contributed by atoms with Gasteiger partial charge in [-0.3, -0.25) is 14.6 Å². The number of carbonyl (C=O) groups is 3. The number of hydrogen-bond donors (Lipinski definition) is 2. The van der Waals surface area contributed by atoms with Crippen LogP contribution < -0.4 is 10.6 Å². The van der Waals surface area contributed by atoms with Crippen molar-refractivity contribution in [1.82, 2.24) is 25.1 Å². The Bertz CT molecular complexity index is 1120. The highest BCUT2D eigenvalue weighted by molar-refractivity contribution is 5.89. The van der Waals surface area contributed by atoms with Crippen LogP contribution in [0.2, 0.25) is 0 Å². The molecule has 1 aromatic carbocycles. The molecule has 4 amide bonds. The van der Waals surface area contributed by atoms with Gasteiger partial charge in [-0.1, -0.05) is 12.1 Å². The lowest BCUT2D eigenvalue weighted by atomic mass is 10.2. The Kier molecular flexibility index (Phi) is 6.29. The fraction of sp³-hybridized carbons (Fsp3) is 0.318. The number of anilines is 1. The lowest BCUT2D eigenvalue weighted by molar-refractivity contribution is -0.138. The summed E-state index contributed by atoms with van der Waals surface area (Å²) in [7, 11) is 0. The van der Waals surface area contributed by atoms with Gasteiger partial charge in [0.1, 0.15) is 11.9 Å². The summed E-state index contributed by atoms with van der Waals surface area (Å²) in [6.07, 6.45) is 3.23. The van der Waals surface area contributed by atoms with E-state index in [2.05, 4.69) is 20.6 Å². The maximum atomic E-state index is 12.6. The summed E-state index contributed by atoms with van der Waals surface area (Å²) in [5.74, 6) is 0.257. The number of rotatable bonds is 5. The predicted molar refractivity (Wildman–Crippen MR) is 117 cm³/mol. The molecule has 1 aliphatic heterocycles. The summed E-state index contributed by atoms with van der Waals surface area (Å²) >= 11 is 0. The number of nitrogens with one attached hydrogen (secondary N) is 2. The van der Waals surface area contributed by atoms with Crippen molar-refractivity contribution in [2.24, 2.45) is 0 Å². The predicted octanol–water partition coefficient (Wildman–Crippen LogP) is 1.78. The number of nitrogens with zero attached hydrogens (tertiary/aromatic N) is 4. The van der Waals surface area contributed by atoms with Crippen LogP contribution in [0.15, 0.2) is 47.1 Å². The lowest BCUT2D eigenvalue weighted by Crippen LogP contribution is -2.50. The number of piperazine rings is 1. The molecule has 3 aromatic rings. The molecule has 0 radical (unpaired) electrons. The standard InChI is InChI=1S/C22H24N6O4/c1-15(29)27-8-10-28(11-9-27)20(30)12-19-26-21-16(4-2-6-18(21)32-19)13-24-22(31)25-17-5-3-7-23-14-17/h2-7,14H,8-13H2,1H3,(H2,24,25,31). The van der Waals surface area contributed by atoms with E-state index in [1.165, 1.54) is 6.92 Å². The fourth-order valence-corrected chi connectivity index (χ4v) is 3.57. The molecule has 0 aliphatic carbocycles. The minimum Gasteiger partial charge on any atom is -0.440 e. The number of fused-ring (bicyclic) bond motifs is 1. The van der Waals surface area contributed by atoms with E-state index in [0.29, 0.717) is 48.9 Å². The van der Waals surface area contributed by atoms with Gasteiger partial charge in [0.15, 0.2) is 5.58 Å². The molecule has 166 valence electrons. The number of aromatic nitrogens is 2. The molecule has 0 unspecified atom stereocenters. The second kappa shape index (κ2) is 9.46. The van der Waals surface area contributed by atoms with Crippen molar-refractivity contribution in [1.29, 1.82) is 0 Å². The molecular weight excluding hydrogens is 412 g/mol. The van der Waals surface area contributed by atoms with Crippen LogP contribution in [-0.4, -0.2) is 63.8 Å². The van der Waals surface area contributed by atoms with Gasteiger partial charge in [0, 0.05) is 51.4 Å². The van der Waals surface area contributed by atoms with Gasteiger partial charge in [0.05, 0.1) is 11.9 Å². The van der Waals surface area contributed by atoms with Gasteiger partial charge in [-0.15, -0.1) is 0 Å². The quantitative estimate of drug-likeness (QED) is 0.629. The van der Waals surface area contributed by atoms with Crippen LogP contribution in [0.25, 0.3) is 11.1 Å². The maximum Gasteiger partial charge on any atom is 0.319 e. The minimum atomic E-state index is -0.362. The molecule has 0 spiro atoms. The second-order valence-corrected chi connectivity index (χ2v) is 7.48. The SMILES string of the molecule is CC(=O)N1CCN(C(=O)Cc2nc3c(CNC(=O)Nc4cccnc4)cccc3o2)CC1. The summed E-state index contributed by atoms with van der Waals surface area (Å²) < 4.78 is 5.77. The zero-order valence-electron chi connectivity index (χ0n) is 17.7. The van der Waals surface area contributed by atoms with Crippen LogP contribution >= 0.6 is 0 Å². The van der Waals surface area contributed by atoms with Crippen molar-refractivity contribution >= 4 is 34.6 Å². The number of pyridine rings is 1. The van der Waals surface area contributed by atoms with Crippen LogP contribution in [0.1, 0.15) is 18.4 Å². The van der Waals surface area contributed by atoms with E-state index in [-0.39, 0.29) is 30.8 Å². The molecule has 1 saturated heterocycles. The third kappa shape index (κ3) is 5.02. The van der Waals surface area contributed by atoms with Crippen molar-refractivity contribution in [2.45, 2.75) is 19.9 Å². The van der Waals surface area contributed by atoms with E-state index in [4.69, 9.17) is 4.42 Å². The first-order valence-corrected chi connectivity index (χ1v) is 10.3. The summed E-state index contributed by atoms with van der Waals surface area (Å²) in [5.41, 5.74) is 2.54. The van der Waals surface area contributed by atoms with Crippen LogP contribution in [0.4, 0.5) is 10.5 Å². The molecule has 4 rings (SSSR count). The number of amides is 4. The molecule has 10 nitrogen and oxygen atoms in total. The fourth-order valence-electron chi connectivity index (χ4n) is 3.57. The molecule has 2 aromatic heterocycles. The first kappa shape index (κ1) is 21.3. The summed E-state index contributed by atoms with van der Waals surface area (Å²) in [6, 6.07) is 8.56. The molecule has 2 N–H and O–H groups in total. The Morgan fingerprint density at radius 1 is 1.06 bits per heavy atom. The van der Waals surface area contributed by atoms with E-state index < -0.39 is 0 Å². The number of hydrogen-bond acceptors (Lipinski definition) is 6. The van der Waals surface area contributed by atoms with E-state index in [0.717, 1.165) is 5.56 Å². The lowest BCUT2D eigenvalue weighted by Gasteiger charge is -2.34. The minimum absolute atomic E-state index is 0.0197. The Hall–Kier alpha value is -3.95. The molecule has 0 atom stereocenters. The normalized spacial score (nSPS) is 13.8. The highest BCUT2D eigenvalue weighted by Gasteiger charge is 2.24. The van der Waals surface area contributed by atoms with Gasteiger partial charge in [0.2, 0.25) is 17.7 Å². The van der Waals surface area contributed by atoms with E-state index >= 15 is 0 Å². The summed E-state index contributed by atoms with van der Waals surface area (Å²) in [4.78, 5) is 48.1. The van der Waals surface area contributed by atoms with Gasteiger partial charge in [0.25, 0.3) is 0 Å². The van der Waals surface area contributed by atoms with Crippen LogP contribution in [0.5, 0.6) is 0 Å². The van der Waals surface area contributed by atoms with Gasteiger partial charge < -0.3 is 24.9 Å². The Balaban J connectivity index is 1.37. The average Bonchev–Trinajstić information content (AvgIpc) is 3.21. The van der Waals surface area contributed by atoms with Gasteiger partial charge in [-0.25, -0.2) is 9.78 Å². The zero-order chi connectivity index (χ0) is 22.5. The number of oxazole rings is 1. The van der Waals surface area contributed by atoms with Gasteiger partial charge in [-0.2, -0.15) is 0 Å². The monoisotopic (exact) mass is 436 g/mol. The number of urea groups is 1. The Morgan fingerprint density at radius 3 is 2.56 bits per heavy atom. The highest BCUT2D eigenvalue weighted by Crippen LogP contribution is 2.20. The third-order valence-electron chi connectivity index (χ3n) is 5.29. The van der Waals surface area contributed by atoms with E-state index in [9.17, 15) is 14.4 Å². The molecule has 1 fully saturated rings. The van der Waals surface area contributed by atoms with E-state index in [1.807, 2.05) is 12.1 Å². The highest BCUT2D eigenvalue weighted by atomic mass is 16.3.